The number of hydrogen-bond acceptors (Lipinski definition) is 4. The summed E-state index contributed by atoms with van der Waals surface area (Å²) in [6, 6.07) is 8.10. The molecule has 3 rings (SSSR count). The first-order valence-corrected chi connectivity index (χ1v) is 10.9. The Labute approximate surface area is 179 Å². The molecule has 1 fully saturated rings. The van der Waals surface area contributed by atoms with Crippen LogP contribution in [0.15, 0.2) is 24.3 Å². The molecular weight excluding hydrogens is 376 g/mol. The van der Waals surface area contributed by atoms with E-state index in [1.807, 2.05) is 33.0 Å². The molecule has 1 aromatic heterocycles. The number of hydrogen-bond donors (Lipinski definition) is 1. The van der Waals surface area contributed by atoms with Gasteiger partial charge in [0.15, 0.2) is 5.78 Å². The summed E-state index contributed by atoms with van der Waals surface area (Å²) in [5.41, 5.74) is 4.66. The molecule has 6 nitrogen and oxygen atoms in total. The van der Waals surface area contributed by atoms with Crippen LogP contribution in [0.4, 0.5) is 5.69 Å². The van der Waals surface area contributed by atoms with Crippen molar-refractivity contribution < 1.29 is 9.59 Å². The van der Waals surface area contributed by atoms with Crippen molar-refractivity contribution in [1.82, 2.24) is 14.7 Å². The highest BCUT2D eigenvalue weighted by atomic mass is 16.2. The number of nitrogens with zero attached hydrogens (tertiary/aromatic N) is 3. The van der Waals surface area contributed by atoms with E-state index in [0.29, 0.717) is 12.5 Å². The lowest BCUT2D eigenvalue weighted by Crippen LogP contribution is -2.40. The number of ketones is 1. The number of likely N-dealkylation sites (tertiary alicyclic amines) is 1. The van der Waals surface area contributed by atoms with Crippen molar-refractivity contribution in [2.45, 2.75) is 47.0 Å². The summed E-state index contributed by atoms with van der Waals surface area (Å²) in [5.74, 6) is 0.860. The number of carbonyl (C=O) groups excluding carboxylic acids is 2. The largest absolute Gasteiger partial charge is 0.322 e. The van der Waals surface area contributed by atoms with Gasteiger partial charge in [-0.3, -0.25) is 19.2 Å². The molecule has 0 radical (unpaired) electrons. The first-order chi connectivity index (χ1) is 14.2. The van der Waals surface area contributed by atoms with Crippen LogP contribution in [0.5, 0.6) is 0 Å². The zero-order valence-electron chi connectivity index (χ0n) is 18.9. The number of amides is 1. The Hall–Kier alpha value is -2.47. The molecule has 1 aromatic carbocycles. The average Bonchev–Trinajstić information content (AvgIpc) is 2.94. The zero-order chi connectivity index (χ0) is 21.8. The monoisotopic (exact) mass is 410 g/mol. The van der Waals surface area contributed by atoms with Crippen LogP contribution in [0, 0.1) is 25.7 Å². The number of anilines is 1. The number of aryl methyl sites for hydroxylation is 2. The fourth-order valence-electron chi connectivity index (χ4n) is 4.20. The van der Waals surface area contributed by atoms with E-state index >= 15 is 0 Å². The molecule has 1 saturated heterocycles. The van der Waals surface area contributed by atoms with Crippen molar-refractivity contribution in [1.29, 1.82) is 0 Å². The SMILES string of the molecule is Cc1nn(C)c(C)c1NC(=O)CN1CCC(C(=O)c2ccc(CC(C)C)cc2)CC1. The molecule has 0 aliphatic carbocycles. The summed E-state index contributed by atoms with van der Waals surface area (Å²) < 4.78 is 1.78. The van der Waals surface area contributed by atoms with E-state index in [9.17, 15) is 9.59 Å². The molecule has 0 unspecified atom stereocenters. The molecule has 0 atom stereocenters. The lowest BCUT2D eigenvalue weighted by atomic mass is 9.88. The molecule has 2 aromatic rings. The molecule has 1 aliphatic rings. The van der Waals surface area contributed by atoms with Crippen LogP contribution < -0.4 is 5.32 Å². The van der Waals surface area contributed by atoms with Gasteiger partial charge >= 0.3 is 0 Å². The van der Waals surface area contributed by atoms with Crippen LogP contribution in [0.1, 0.15) is 54.0 Å². The van der Waals surface area contributed by atoms with E-state index in [4.69, 9.17) is 0 Å². The number of Topliss-reactive ketones (excluding diaryl/α,β-unsaturated/α-hetero) is 1. The van der Waals surface area contributed by atoms with Crippen molar-refractivity contribution in [3.05, 3.63) is 46.8 Å². The predicted molar refractivity (Wildman–Crippen MR) is 120 cm³/mol. The molecule has 0 bridgehead atoms. The topological polar surface area (TPSA) is 67.2 Å². The van der Waals surface area contributed by atoms with Crippen molar-refractivity contribution >= 4 is 17.4 Å². The van der Waals surface area contributed by atoms with Gasteiger partial charge in [0.2, 0.25) is 5.91 Å². The zero-order valence-corrected chi connectivity index (χ0v) is 18.9. The maximum Gasteiger partial charge on any atom is 0.238 e. The number of nitrogens with one attached hydrogen (secondary N) is 1. The quantitative estimate of drug-likeness (QED) is 0.706. The van der Waals surface area contributed by atoms with Gasteiger partial charge in [0.05, 0.1) is 23.6 Å². The number of aromatic nitrogens is 2. The molecule has 0 spiro atoms. The van der Waals surface area contributed by atoms with E-state index in [-0.39, 0.29) is 17.6 Å². The van der Waals surface area contributed by atoms with E-state index in [1.165, 1.54) is 5.56 Å². The van der Waals surface area contributed by atoms with E-state index < -0.39 is 0 Å². The molecule has 30 heavy (non-hydrogen) atoms. The van der Waals surface area contributed by atoms with Gasteiger partial charge in [-0.05, 0) is 57.7 Å². The minimum atomic E-state index is -0.0280. The Morgan fingerprint density at radius 2 is 1.77 bits per heavy atom. The van der Waals surface area contributed by atoms with Crippen molar-refractivity contribution in [3.8, 4) is 0 Å². The van der Waals surface area contributed by atoms with Crippen molar-refractivity contribution in [2.24, 2.45) is 18.9 Å². The standard InChI is InChI=1S/C24H34N4O2/c1-16(2)14-19-6-8-20(9-7-19)24(30)21-10-12-28(13-11-21)15-22(29)25-23-17(3)26-27(5)18(23)4/h6-9,16,21H,10-15H2,1-5H3,(H,25,29). The Morgan fingerprint density at radius 1 is 1.13 bits per heavy atom. The molecule has 1 aliphatic heterocycles. The van der Waals surface area contributed by atoms with Gasteiger partial charge in [-0.1, -0.05) is 38.1 Å². The minimum Gasteiger partial charge on any atom is -0.322 e. The van der Waals surface area contributed by atoms with E-state index in [0.717, 1.165) is 55.0 Å². The second kappa shape index (κ2) is 9.56. The summed E-state index contributed by atoms with van der Waals surface area (Å²) in [6.45, 7) is 10.1. The van der Waals surface area contributed by atoms with E-state index in [1.54, 1.807) is 4.68 Å². The Bertz CT molecular complexity index is 891. The molecule has 0 saturated carbocycles. The third kappa shape index (κ3) is 5.36. The number of benzene rings is 1. The highest BCUT2D eigenvalue weighted by Gasteiger charge is 2.27. The fourth-order valence-corrected chi connectivity index (χ4v) is 4.20. The lowest BCUT2D eigenvalue weighted by Gasteiger charge is -2.30. The third-order valence-corrected chi connectivity index (χ3v) is 5.98. The van der Waals surface area contributed by atoms with Gasteiger partial charge in [0, 0.05) is 18.5 Å². The maximum absolute atomic E-state index is 12.9. The van der Waals surface area contributed by atoms with Gasteiger partial charge < -0.3 is 5.32 Å². The first kappa shape index (κ1) is 22.2. The van der Waals surface area contributed by atoms with Gasteiger partial charge in [-0.2, -0.15) is 5.10 Å². The molecule has 1 amide bonds. The lowest BCUT2D eigenvalue weighted by molar-refractivity contribution is -0.117. The number of rotatable bonds is 7. The van der Waals surface area contributed by atoms with E-state index in [2.05, 4.69) is 41.3 Å². The van der Waals surface area contributed by atoms with Crippen LogP contribution >= 0.6 is 0 Å². The van der Waals surface area contributed by atoms with Crippen LogP contribution in [0.25, 0.3) is 0 Å². The maximum atomic E-state index is 12.9. The van der Waals surface area contributed by atoms with Crippen LogP contribution in [-0.4, -0.2) is 46.0 Å². The fraction of sp³-hybridized carbons (Fsp3) is 0.542. The molecular formula is C24H34N4O2. The van der Waals surface area contributed by atoms with Crippen LogP contribution in [0.2, 0.25) is 0 Å². The Morgan fingerprint density at radius 3 is 2.30 bits per heavy atom. The normalized spacial score (nSPS) is 15.5. The summed E-state index contributed by atoms with van der Waals surface area (Å²) in [4.78, 5) is 27.5. The molecule has 162 valence electrons. The highest BCUT2D eigenvalue weighted by molar-refractivity contribution is 5.98. The molecule has 1 N–H and O–H groups in total. The van der Waals surface area contributed by atoms with Gasteiger partial charge in [-0.15, -0.1) is 0 Å². The van der Waals surface area contributed by atoms with Gasteiger partial charge in [-0.25, -0.2) is 0 Å². The Kier molecular flexibility index (Phi) is 7.08. The summed E-state index contributed by atoms with van der Waals surface area (Å²) in [6.07, 6.45) is 2.63. The number of carbonyl (C=O) groups is 2. The minimum absolute atomic E-state index is 0.0280. The molecule has 2 heterocycles. The Balaban J connectivity index is 1.49. The van der Waals surface area contributed by atoms with Crippen molar-refractivity contribution in [3.63, 3.8) is 0 Å². The van der Waals surface area contributed by atoms with Crippen molar-refractivity contribution in [2.75, 3.05) is 25.0 Å². The second-order valence-electron chi connectivity index (χ2n) is 8.93. The predicted octanol–water partition coefficient (Wildman–Crippen LogP) is 3.77. The summed E-state index contributed by atoms with van der Waals surface area (Å²) >= 11 is 0. The van der Waals surface area contributed by atoms with Crippen LogP contribution in [0.3, 0.4) is 0 Å². The third-order valence-electron chi connectivity index (χ3n) is 5.98. The average molecular weight is 411 g/mol. The van der Waals surface area contributed by atoms with Gasteiger partial charge in [0.25, 0.3) is 0 Å². The molecule has 6 heteroatoms. The van der Waals surface area contributed by atoms with Crippen LogP contribution in [-0.2, 0) is 18.3 Å². The number of piperidine rings is 1. The summed E-state index contributed by atoms with van der Waals surface area (Å²) in [7, 11) is 1.87. The van der Waals surface area contributed by atoms with Gasteiger partial charge in [0.1, 0.15) is 0 Å². The summed E-state index contributed by atoms with van der Waals surface area (Å²) in [5, 5.41) is 7.33. The smallest absolute Gasteiger partial charge is 0.238 e. The second-order valence-corrected chi connectivity index (χ2v) is 8.93. The highest BCUT2D eigenvalue weighted by Crippen LogP contribution is 2.23. The first-order valence-electron chi connectivity index (χ1n) is 10.9.